The van der Waals surface area contributed by atoms with Gasteiger partial charge in [0.15, 0.2) is 11.5 Å². The Balaban J connectivity index is 2.44. The highest BCUT2D eigenvalue weighted by atomic mass is 35.5. The fourth-order valence-electron chi connectivity index (χ4n) is 1.94. The summed E-state index contributed by atoms with van der Waals surface area (Å²) in [5.74, 6) is 2.87. The Kier molecular flexibility index (Phi) is 4.74. The van der Waals surface area contributed by atoms with Crippen molar-refractivity contribution in [2.75, 3.05) is 14.2 Å². The molecule has 2 aromatic rings. The van der Waals surface area contributed by atoms with Gasteiger partial charge in [0.2, 0.25) is 5.75 Å². The topological polar surface area (TPSA) is 27.7 Å². The minimum absolute atomic E-state index is 0.383. The molecule has 2 aromatic carbocycles. The lowest BCUT2D eigenvalue weighted by molar-refractivity contribution is 0.345. The van der Waals surface area contributed by atoms with Crippen molar-refractivity contribution in [1.82, 2.24) is 0 Å². The third-order valence-electron chi connectivity index (χ3n) is 2.95. The number of rotatable bonds is 5. The van der Waals surface area contributed by atoms with Gasteiger partial charge < -0.3 is 14.2 Å². The molecule has 2 rings (SSSR count). The highest BCUT2D eigenvalue weighted by Gasteiger charge is 2.14. The molecular formula is C16H17ClO3. The number of ether oxygens (including phenoxy) is 3. The zero-order valence-electron chi connectivity index (χ0n) is 11.8. The predicted octanol–water partition coefficient (Wildman–Crippen LogP) is 4.54. The molecule has 0 fully saturated rings. The third-order valence-corrected chi connectivity index (χ3v) is 3.24. The molecule has 0 aliphatic rings. The second-order valence-corrected chi connectivity index (χ2v) is 4.61. The summed E-state index contributed by atoms with van der Waals surface area (Å²) >= 11 is 5.98. The summed E-state index contributed by atoms with van der Waals surface area (Å²) in [4.78, 5) is 0. The quantitative estimate of drug-likeness (QED) is 0.757. The Hall–Kier alpha value is -1.87. The number of para-hydroxylation sites is 1. The Labute approximate surface area is 124 Å². The second kappa shape index (κ2) is 6.53. The summed E-state index contributed by atoms with van der Waals surface area (Å²) in [5.41, 5.74) is 2.07. The molecule has 0 N–H and O–H groups in total. The van der Waals surface area contributed by atoms with Crippen LogP contribution < -0.4 is 14.2 Å². The van der Waals surface area contributed by atoms with Gasteiger partial charge >= 0.3 is 0 Å². The summed E-state index contributed by atoms with van der Waals surface area (Å²) in [6, 6.07) is 11.4. The minimum atomic E-state index is 0.383. The van der Waals surface area contributed by atoms with E-state index in [0.29, 0.717) is 28.9 Å². The first-order valence-corrected chi connectivity index (χ1v) is 6.77. The number of halogens is 1. The van der Waals surface area contributed by atoms with Crippen LogP contribution in [-0.2, 0) is 5.88 Å². The first kappa shape index (κ1) is 14.5. The molecule has 0 aliphatic heterocycles. The van der Waals surface area contributed by atoms with E-state index in [9.17, 15) is 0 Å². The molecule has 0 unspecified atom stereocenters. The number of benzene rings is 2. The molecule has 3 nitrogen and oxygen atoms in total. The van der Waals surface area contributed by atoms with Gasteiger partial charge in [0.05, 0.1) is 20.1 Å². The second-order valence-electron chi connectivity index (χ2n) is 4.34. The van der Waals surface area contributed by atoms with Crippen molar-refractivity contribution in [2.24, 2.45) is 0 Å². The Morgan fingerprint density at radius 3 is 2.15 bits per heavy atom. The number of hydrogen-bond acceptors (Lipinski definition) is 3. The van der Waals surface area contributed by atoms with Crippen LogP contribution in [0.1, 0.15) is 11.1 Å². The van der Waals surface area contributed by atoms with Crippen molar-refractivity contribution in [1.29, 1.82) is 0 Å². The van der Waals surface area contributed by atoms with E-state index in [2.05, 4.69) is 0 Å². The average molecular weight is 293 g/mol. The van der Waals surface area contributed by atoms with Crippen molar-refractivity contribution in [2.45, 2.75) is 12.8 Å². The Bertz CT molecular complexity index is 574. The van der Waals surface area contributed by atoms with Gasteiger partial charge in [-0.25, -0.2) is 0 Å². The van der Waals surface area contributed by atoms with Crippen LogP contribution in [0.15, 0.2) is 36.4 Å². The average Bonchev–Trinajstić information content (AvgIpc) is 2.49. The van der Waals surface area contributed by atoms with Crippen molar-refractivity contribution >= 4 is 11.6 Å². The number of alkyl halides is 1. The van der Waals surface area contributed by atoms with Crippen molar-refractivity contribution in [3.05, 3.63) is 47.5 Å². The number of aryl methyl sites for hydroxylation is 1. The Morgan fingerprint density at radius 1 is 0.950 bits per heavy atom. The van der Waals surface area contributed by atoms with Crippen molar-refractivity contribution in [3.8, 4) is 23.0 Å². The first-order valence-electron chi connectivity index (χ1n) is 6.24. The summed E-state index contributed by atoms with van der Waals surface area (Å²) < 4.78 is 16.6. The standard InChI is InChI=1S/C16H17ClO3/c1-11-7-8-13(12(9-11)10-17)20-16-14(18-2)5-4-6-15(16)19-3/h4-9H,10H2,1-3H3. The van der Waals surface area contributed by atoms with Crippen LogP contribution in [0.5, 0.6) is 23.0 Å². The molecule has 4 heteroatoms. The molecule has 0 aliphatic carbocycles. The maximum atomic E-state index is 5.98. The normalized spacial score (nSPS) is 10.2. The van der Waals surface area contributed by atoms with E-state index in [1.807, 2.05) is 43.3 Å². The lowest BCUT2D eigenvalue weighted by Crippen LogP contribution is -1.96. The van der Waals surface area contributed by atoms with Gasteiger partial charge in [-0.15, -0.1) is 11.6 Å². The van der Waals surface area contributed by atoms with Crippen molar-refractivity contribution in [3.63, 3.8) is 0 Å². The summed E-state index contributed by atoms with van der Waals surface area (Å²) in [7, 11) is 3.19. The van der Waals surface area contributed by atoms with Crippen LogP contribution in [-0.4, -0.2) is 14.2 Å². The minimum Gasteiger partial charge on any atom is -0.493 e. The molecule has 0 saturated carbocycles. The SMILES string of the molecule is COc1cccc(OC)c1Oc1ccc(C)cc1CCl. The van der Waals surface area contributed by atoms with Crippen LogP contribution in [0, 0.1) is 6.92 Å². The Morgan fingerprint density at radius 2 is 1.60 bits per heavy atom. The fraction of sp³-hybridized carbons (Fsp3) is 0.250. The predicted molar refractivity (Wildman–Crippen MR) is 80.4 cm³/mol. The molecule has 0 aromatic heterocycles. The highest BCUT2D eigenvalue weighted by molar-refractivity contribution is 6.17. The molecule has 0 atom stereocenters. The number of hydrogen-bond donors (Lipinski definition) is 0. The fourth-order valence-corrected chi connectivity index (χ4v) is 2.15. The lowest BCUT2D eigenvalue weighted by atomic mass is 10.1. The van der Waals surface area contributed by atoms with Crippen LogP contribution in [0.2, 0.25) is 0 Å². The number of methoxy groups -OCH3 is 2. The highest BCUT2D eigenvalue weighted by Crippen LogP contribution is 2.41. The van der Waals surface area contributed by atoms with Crippen LogP contribution >= 0.6 is 11.6 Å². The van der Waals surface area contributed by atoms with E-state index in [-0.39, 0.29) is 0 Å². The van der Waals surface area contributed by atoms with E-state index < -0.39 is 0 Å². The third kappa shape index (κ3) is 2.99. The largest absolute Gasteiger partial charge is 0.493 e. The van der Waals surface area contributed by atoms with Gasteiger partial charge in [0.1, 0.15) is 5.75 Å². The molecule has 0 radical (unpaired) electrons. The maximum absolute atomic E-state index is 5.98. The summed E-state index contributed by atoms with van der Waals surface area (Å²) in [6.07, 6.45) is 0. The van der Waals surface area contributed by atoms with Gasteiger partial charge in [0.25, 0.3) is 0 Å². The van der Waals surface area contributed by atoms with Gasteiger partial charge in [-0.05, 0) is 25.1 Å². The molecular weight excluding hydrogens is 276 g/mol. The van der Waals surface area contributed by atoms with E-state index in [4.69, 9.17) is 25.8 Å². The first-order chi connectivity index (χ1) is 9.69. The monoisotopic (exact) mass is 292 g/mol. The molecule has 106 valence electrons. The lowest BCUT2D eigenvalue weighted by Gasteiger charge is -2.15. The zero-order valence-corrected chi connectivity index (χ0v) is 12.5. The summed E-state index contributed by atoms with van der Waals surface area (Å²) in [6.45, 7) is 2.02. The van der Waals surface area contributed by atoms with E-state index in [1.165, 1.54) is 0 Å². The maximum Gasteiger partial charge on any atom is 0.211 e. The molecule has 0 amide bonds. The van der Waals surface area contributed by atoms with Crippen LogP contribution in [0.3, 0.4) is 0 Å². The zero-order chi connectivity index (χ0) is 14.5. The molecule has 0 spiro atoms. The summed E-state index contributed by atoms with van der Waals surface area (Å²) in [5, 5.41) is 0. The smallest absolute Gasteiger partial charge is 0.211 e. The van der Waals surface area contributed by atoms with Crippen LogP contribution in [0.25, 0.3) is 0 Å². The molecule has 0 heterocycles. The van der Waals surface area contributed by atoms with Gasteiger partial charge in [-0.2, -0.15) is 0 Å². The van der Waals surface area contributed by atoms with Crippen LogP contribution in [0.4, 0.5) is 0 Å². The van der Waals surface area contributed by atoms with Crippen molar-refractivity contribution < 1.29 is 14.2 Å². The van der Waals surface area contributed by atoms with Gasteiger partial charge in [-0.1, -0.05) is 23.8 Å². The van der Waals surface area contributed by atoms with Gasteiger partial charge in [-0.3, -0.25) is 0 Å². The molecule has 20 heavy (non-hydrogen) atoms. The van der Waals surface area contributed by atoms with E-state index >= 15 is 0 Å². The van der Waals surface area contributed by atoms with Gasteiger partial charge in [0, 0.05) is 5.56 Å². The molecule has 0 bridgehead atoms. The molecule has 0 saturated heterocycles. The van der Waals surface area contributed by atoms with E-state index in [0.717, 1.165) is 11.1 Å². The van der Waals surface area contributed by atoms with E-state index in [1.54, 1.807) is 14.2 Å².